The molecule has 1 fully saturated rings. The number of esters is 1. The van der Waals surface area contributed by atoms with Crippen molar-refractivity contribution in [2.24, 2.45) is 5.92 Å². The van der Waals surface area contributed by atoms with Gasteiger partial charge in [-0.05, 0) is 18.8 Å². The molecule has 4 nitrogen and oxygen atoms in total. The van der Waals surface area contributed by atoms with Crippen LogP contribution in [0.15, 0.2) is 12.5 Å². The minimum absolute atomic E-state index is 0.306. The van der Waals surface area contributed by atoms with Gasteiger partial charge >= 0.3 is 5.97 Å². The molecule has 12 heavy (non-hydrogen) atoms. The largest absolute Gasteiger partial charge is 0.461 e. The van der Waals surface area contributed by atoms with Crippen LogP contribution in [-0.2, 0) is 4.74 Å². The van der Waals surface area contributed by atoms with E-state index in [1.54, 1.807) is 0 Å². The van der Waals surface area contributed by atoms with Crippen molar-refractivity contribution in [3.63, 3.8) is 0 Å². The van der Waals surface area contributed by atoms with Gasteiger partial charge in [0.1, 0.15) is 5.69 Å². The Labute approximate surface area is 70.0 Å². The van der Waals surface area contributed by atoms with Crippen LogP contribution >= 0.6 is 0 Å². The van der Waals surface area contributed by atoms with Crippen molar-refractivity contribution in [2.45, 2.75) is 12.8 Å². The van der Waals surface area contributed by atoms with Crippen LogP contribution in [0.25, 0.3) is 0 Å². The molecular weight excluding hydrogens is 156 g/mol. The average Bonchev–Trinajstić information content (AvgIpc) is 2.74. The van der Waals surface area contributed by atoms with Crippen molar-refractivity contribution >= 4 is 5.97 Å². The van der Waals surface area contributed by atoms with Crippen molar-refractivity contribution in [1.82, 2.24) is 9.97 Å². The zero-order valence-electron chi connectivity index (χ0n) is 6.62. The Morgan fingerprint density at radius 1 is 1.75 bits per heavy atom. The average molecular weight is 166 g/mol. The first-order valence-corrected chi connectivity index (χ1v) is 4.02. The van der Waals surface area contributed by atoms with Gasteiger partial charge in [-0.25, -0.2) is 9.78 Å². The third-order valence-electron chi connectivity index (χ3n) is 1.87. The highest BCUT2D eigenvalue weighted by molar-refractivity contribution is 5.86. The number of hydrogen-bond donors (Lipinski definition) is 1. The molecule has 1 N–H and O–H groups in total. The molecule has 0 bridgehead atoms. The number of H-pyrrole nitrogens is 1. The number of aromatic amines is 1. The lowest BCUT2D eigenvalue weighted by Crippen LogP contribution is -2.07. The highest BCUT2D eigenvalue weighted by atomic mass is 16.5. The van der Waals surface area contributed by atoms with E-state index in [-0.39, 0.29) is 5.97 Å². The van der Waals surface area contributed by atoms with E-state index in [1.807, 2.05) is 0 Å². The number of ether oxygens (including phenoxy) is 1. The fourth-order valence-corrected chi connectivity index (χ4v) is 0.923. The van der Waals surface area contributed by atoms with Crippen LogP contribution in [0.2, 0.25) is 0 Å². The van der Waals surface area contributed by atoms with E-state index in [2.05, 4.69) is 9.97 Å². The molecule has 0 amide bonds. The Kier molecular flexibility index (Phi) is 1.81. The third kappa shape index (κ3) is 1.64. The van der Waals surface area contributed by atoms with E-state index in [0.29, 0.717) is 18.2 Å². The molecule has 1 aliphatic rings. The lowest BCUT2D eigenvalue weighted by atomic mass is 10.4. The Morgan fingerprint density at radius 3 is 3.17 bits per heavy atom. The van der Waals surface area contributed by atoms with Gasteiger partial charge in [-0.15, -0.1) is 0 Å². The Balaban J connectivity index is 1.83. The van der Waals surface area contributed by atoms with E-state index < -0.39 is 0 Å². The van der Waals surface area contributed by atoms with Crippen LogP contribution in [0.4, 0.5) is 0 Å². The molecule has 0 saturated heterocycles. The molecule has 1 aromatic heterocycles. The lowest BCUT2D eigenvalue weighted by molar-refractivity contribution is 0.0480. The second-order valence-corrected chi connectivity index (χ2v) is 3.01. The number of carbonyl (C=O) groups excluding carboxylic acids is 1. The highest BCUT2D eigenvalue weighted by Crippen LogP contribution is 2.28. The first-order valence-electron chi connectivity index (χ1n) is 4.02. The Morgan fingerprint density at radius 2 is 2.58 bits per heavy atom. The maximum Gasteiger partial charge on any atom is 0.356 e. The summed E-state index contributed by atoms with van der Waals surface area (Å²) in [7, 11) is 0. The van der Waals surface area contributed by atoms with Gasteiger partial charge in [-0.3, -0.25) is 0 Å². The van der Waals surface area contributed by atoms with E-state index in [1.165, 1.54) is 25.4 Å². The van der Waals surface area contributed by atoms with Gasteiger partial charge in [-0.2, -0.15) is 0 Å². The number of nitrogens with one attached hydrogen (secondary N) is 1. The quantitative estimate of drug-likeness (QED) is 0.681. The number of imidazole rings is 1. The summed E-state index contributed by atoms with van der Waals surface area (Å²) in [6, 6.07) is 0. The molecule has 0 unspecified atom stereocenters. The molecule has 64 valence electrons. The summed E-state index contributed by atoms with van der Waals surface area (Å²) in [6.45, 7) is 0.553. The SMILES string of the molecule is O=C(OCC1CC1)c1cnc[nH]1. The highest BCUT2D eigenvalue weighted by Gasteiger charge is 2.23. The Hall–Kier alpha value is -1.32. The predicted molar refractivity (Wildman–Crippen MR) is 41.6 cm³/mol. The van der Waals surface area contributed by atoms with E-state index in [9.17, 15) is 4.79 Å². The number of nitrogens with zero attached hydrogens (tertiary/aromatic N) is 1. The van der Waals surface area contributed by atoms with Crippen molar-refractivity contribution in [1.29, 1.82) is 0 Å². The molecule has 1 heterocycles. The molecule has 0 radical (unpaired) electrons. The third-order valence-corrected chi connectivity index (χ3v) is 1.87. The molecule has 1 saturated carbocycles. The van der Waals surface area contributed by atoms with Crippen LogP contribution < -0.4 is 0 Å². The van der Waals surface area contributed by atoms with Crippen molar-refractivity contribution in [2.75, 3.05) is 6.61 Å². The minimum atomic E-state index is -0.306. The molecule has 0 aliphatic heterocycles. The molecule has 2 rings (SSSR count). The lowest BCUT2D eigenvalue weighted by Gasteiger charge is -1.99. The van der Waals surface area contributed by atoms with Gasteiger partial charge in [0.2, 0.25) is 0 Å². The van der Waals surface area contributed by atoms with Crippen LogP contribution in [0.3, 0.4) is 0 Å². The minimum Gasteiger partial charge on any atom is -0.461 e. The summed E-state index contributed by atoms with van der Waals surface area (Å²) in [4.78, 5) is 17.6. The molecule has 0 aromatic carbocycles. The van der Waals surface area contributed by atoms with E-state index in [4.69, 9.17) is 4.74 Å². The summed E-state index contributed by atoms with van der Waals surface area (Å²) >= 11 is 0. The van der Waals surface area contributed by atoms with Gasteiger partial charge in [-0.1, -0.05) is 0 Å². The van der Waals surface area contributed by atoms with E-state index >= 15 is 0 Å². The van der Waals surface area contributed by atoms with E-state index in [0.717, 1.165) is 0 Å². The molecule has 4 heteroatoms. The summed E-state index contributed by atoms with van der Waals surface area (Å²) in [6.07, 6.45) is 5.31. The number of aromatic nitrogens is 2. The van der Waals surface area contributed by atoms with Crippen molar-refractivity contribution < 1.29 is 9.53 Å². The fourth-order valence-electron chi connectivity index (χ4n) is 0.923. The zero-order valence-corrected chi connectivity index (χ0v) is 6.62. The summed E-state index contributed by atoms with van der Waals surface area (Å²) in [5.41, 5.74) is 0.427. The van der Waals surface area contributed by atoms with Crippen molar-refractivity contribution in [3.8, 4) is 0 Å². The number of carbonyl (C=O) groups is 1. The topological polar surface area (TPSA) is 55.0 Å². The van der Waals surface area contributed by atoms with Crippen LogP contribution in [0.5, 0.6) is 0 Å². The Bertz CT molecular complexity index is 265. The van der Waals surface area contributed by atoms with Crippen LogP contribution in [0.1, 0.15) is 23.3 Å². The maximum absolute atomic E-state index is 11.1. The molecule has 1 aliphatic carbocycles. The second-order valence-electron chi connectivity index (χ2n) is 3.01. The number of hydrogen-bond acceptors (Lipinski definition) is 3. The van der Waals surface area contributed by atoms with Gasteiger partial charge in [0.25, 0.3) is 0 Å². The standard InChI is InChI=1S/C8H10N2O2/c11-8(7-3-9-5-10-7)12-4-6-1-2-6/h3,5-6H,1-2,4H2,(H,9,10). The molecule has 0 spiro atoms. The predicted octanol–water partition coefficient (Wildman–Crippen LogP) is 0.976. The van der Waals surface area contributed by atoms with Gasteiger partial charge in [0.15, 0.2) is 0 Å². The van der Waals surface area contributed by atoms with Gasteiger partial charge < -0.3 is 9.72 Å². The van der Waals surface area contributed by atoms with Crippen molar-refractivity contribution in [3.05, 3.63) is 18.2 Å². The first kappa shape index (κ1) is 7.34. The zero-order chi connectivity index (χ0) is 8.39. The van der Waals surface area contributed by atoms with Crippen LogP contribution in [-0.4, -0.2) is 22.5 Å². The summed E-state index contributed by atoms with van der Waals surface area (Å²) < 4.78 is 5.00. The maximum atomic E-state index is 11.1. The summed E-state index contributed by atoms with van der Waals surface area (Å²) in [5.74, 6) is 0.302. The van der Waals surface area contributed by atoms with Crippen LogP contribution in [0, 0.1) is 5.92 Å². The molecule has 1 aromatic rings. The fraction of sp³-hybridized carbons (Fsp3) is 0.500. The monoisotopic (exact) mass is 166 g/mol. The normalized spacial score (nSPS) is 16.0. The van der Waals surface area contributed by atoms with Gasteiger partial charge in [0.05, 0.1) is 19.1 Å². The second kappa shape index (κ2) is 2.97. The molecule has 0 atom stereocenters. The molecular formula is C8H10N2O2. The first-order chi connectivity index (χ1) is 5.86. The van der Waals surface area contributed by atoms with Gasteiger partial charge in [0, 0.05) is 0 Å². The smallest absolute Gasteiger partial charge is 0.356 e. The summed E-state index contributed by atoms with van der Waals surface area (Å²) in [5, 5.41) is 0. The number of rotatable bonds is 3.